The van der Waals surface area contributed by atoms with Crippen LogP contribution >= 0.6 is 0 Å². The van der Waals surface area contributed by atoms with Crippen LogP contribution in [0.4, 0.5) is 5.69 Å². The smallest absolute Gasteiger partial charge is 0.338 e. The Balaban J connectivity index is 2.10. The van der Waals surface area contributed by atoms with Gasteiger partial charge in [-0.2, -0.15) is 5.10 Å². The van der Waals surface area contributed by atoms with Crippen LogP contribution in [0.3, 0.4) is 0 Å². The molecule has 0 saturated carbocycles. The lowest BCUT2D eigenvalue weighted by molar-refractivity contribution is 0.0466. The standard InChI is InChI=1S/C14H17N3O2/c1-9-6-10(2)13(15)7-12(9)14(18)19-8-11-4-5-17(3)16-11/h4-7H,8,15H2,1-3H3. The number of aryl methyl sites for hydroxylation is 3. The number of hydrogen-bond donors (Lipinski definition) is 1. The maximum atomic E-state index is 12.0. The van der Waals surface area contributed by atoms with Crippen LogP contribution < -0.4 is 5.73 Å². The van der Waals surface area contributed by atoms with Crippen LogP contribution in [-0.2, 0) is 18.4 Å². The summed E-state index contributed by atoms with van der Waals surface area (Å²) in [6.07, 6.45) is 1.80. The van der Waals surface area contributed by atoms with E-state index in [1.807, 2.05) is 33.0 Å². The van der Waals surface area contributed by atoms with Crippen molar-refractivity contribution in [2.24, 2.45) is 7.05 Å². The molecule has 1 aromatic carbocycles. The number of nitrogens with zero attached hydrogens (tertiary/aromatic N) is 2. The van der Waals surface area contributed by atoms with Gasteiger partial charge in [0.25, 0.3) is 0 Å². The van der Waals surface area contributed by atoms with Crippen molar-refractivity contribution in [3.05, 3.63) is 46.8 Å². The van der Waals surface area contributed by atoms with E-state index in [4.69, 9.17) is 10.5 Å². The number of nitrogen functional groups attached to an aromatic ring is 1. The monoisotopic (exact) mass is 259 g/mol. The molecule has 5 heteroatoms. The summed E-state index contributed by atoms with van der Waals surface area (Å²) in [6.45, 7) is 3.93. The number of rotatable bonds is 3. The molecule has 0 unspecified atom stereocenters. The molecule has 19 heavy (non-hydrogen) atoms. The third-order valence-corrected chi connectivity index (χ3v) is 2.95. The summed E-state index contributed by atoms with van der Waals surface area (Å²) in [5.41, 5.74) is 9.44. The summed E-state index contributed by atoms with van der Waals surface area (Å²) in [4.78, 5) is 12.0. The number of aromatic nitrogens is 2. The molecular weight excluding hydrogens is 242 g/mol. The Morgan fingerprint density at radius 2 is 2.11 bits per heavy atom. The molecule has 2 aromatic rings. The van der Waals surface area contributed by atoms with Crippen LogP contribution in [0.1, 0.15) is 27.2 Å². The van der Waals surface area contributed by atoms with Crippen LogP contribution in [0.25, 0.3) is 0 Å². The first kappa shape index (κ1) is 13.1. The van der Waals surface area contributed by atoms with Gasteiger partial charge in [0.1, 0.15) is 6.61 Å². The summed E-state index contributed by atoms with van der Waals surface area (Å²) in [6, 6.07) is 5.35. The number of ether oxygens (including phenoxy) is 1. The average Bonchev–Trinajstić information content (AvgIpc) is 2.77. The minimum Gasteiger partial charge on any atom is -0.455 e. The van der Waals surface area contributed by atoms with Gasteiger partial charge in [-0.1, -0.05) is 6.07 Å². The molecule has 0 saturated heterocycles. The van der Waals surface area contributed by atoms with Crippen LogP contribution in [0, 0.1) is 13.8 Å². The van der Waals surface area contributed by atoms with Crippen molar-refractivity contribution >= 4 is 11.7 Å². The fourth-order valence-corrected chi connectivity index (χ4v) is 1.85. The van der Waals surface area contributed by atoms with Crippen LogP contribution in [0.5, 0.6) is 0 Å². The van der Waals surface area contributed by atoms with Gasteiger partial charge >= 0.3 is 5.97 Å². The van der Waals surface area contributed by atoms with Gasteiger partial charge in [0.15, 0.2) is 0 Å². The number of hydrogen-bond acceptors (Lipinski definition) is 4. The molecule has 0 fully saturated rings. The van der Waals surface area contributed by atoms with Crippen LogP contribution in [-0.4, -0.2) is 15.7 Å². The van der Waals surface area contributed by atoms with E-state index in [1.165, 1.54) is 0 Å². The first-order valence-electron chi connectivity index (χ1n) is 5.99. The Hall–Kier alpha value is -2.30. The van der Waals surface area contributed by atoms with Crippen molar-refractivity contribution in [2.45, 2.75) is 20.5 Å². The van der Waals surface area contributed by atoms with E-state index in [0.717, 1.165) is 11.1 Å². The fourth-order valence-electron chi connectivity index (χ4n) is 1.85. The van der Waals surface area contributed by atoms with E-state index in [1.54, 1.807) is 16.9 Å². The highest BCUT2D eigenvalue weighted by Crippen LogP contribution is 2.19. The highest BCUT2D eigenvalue weighted by molar-refractivity contribution is 5.92. The van der Waals surface area contributed by atoms with Crippen LogP contribution in [0.2, 0.25) is 0 Å². The summed E-state index contributed by atoms with van der Waals surface area (Å²) >= 11 is 0. The van der Waals surface area contributed by atoms with Crippen molar-refractivity contribution < 1.29 is 9.53 Å². The number of carbonyl (C=O) groups is 1. The first-order valence-corrected chi connectivity index (χ1v) is 5.99. The predicted octanol–water partition coefficient (Wildman–Crippen LogP) is 1.98. The minimum absolute atomic E-state index is 0.160. The van der Waals surface area contributed by atoms with Gasteiger partial charge < -0.3 is 10.5 Å². The number of nitrogens with two attached hydrogens (primary N) is 1. The molecule has 0 radical (unpaired) electrons. The maximum absolute atomic E-state index is 12.0. The zero-order chi connectivity index (χ0) is 14.0. The molecule has 0 aliphatic rings. The largest absolute Gasteiger partial charge is 0.455 e. The topological polar surface area (TPSA) is 70.1 Å². The zero-order valence-electron chi connectivity index (χ0n) is 11.3. The van der Waals surface area contributed by atoms with Gasteiger partial charge in [-0.3, -0.25) is 4.68 Å². The fraction of sp³-hybridized carbons (Fsp3) is 0.286. The lowest BCUT2D eigenvalue weighted by atomic mass is 10.0. The lowest BCUT2D eigenvalue weighted by Gasteiger charge is -2.09. The SMILES string of the molecule is Cc1cc(C)c(C(=O)OCc2ccn(C)n2)cc1N. The van der Waals surface area contributed by atoms with E-state index in [-0.39, 0.29) is 12.6 Å². The molecule has 0 bridgehead atoms. The number of esters is 1. The predicted molar refractivity (Wildman–Crippen MR) is 72.7 cm³/mol. The van der Waals surface area contributed by atoms with Gasteiger partial charge in [0.05, 0.1) is 11.3 Å². The van der Waals surface area contributed by atoms with Crippen molar-refractivity contribution in [1.82, 2.24) is 9.78 Å². The molecule has 100 valence electrons. The molecular formula is C14H17N3O2. The van der Waals surface area contributed by atoms with Crippen LogP contribution in [0.15, 0.2) is 24.4 Å². The molecule has 0 aliphatic carbocycles. The van der Waals surface area contributed by atoms with E-state index >= 15 is 0 Å². The van der Waals surface area contributed by atoms with Gasteiger partial charge in [-0.25, -0.2) is 4.79 Å². The van der Waals surface area contributed by atoms with Crippen molar-refractivity contribution in [1.29, 1.82) is 0 Å². The molecule has 2 rings (SSSR count). The van der Waals surface area contributed by atoms with Gasteiger partial charge in [-0.05, 0) is 37.1 Å². The molecule has 0 aliphatic heterocycles. The molecule has 5 nitrogen and oxygen atoms in total. The maximum Gasteiger partial charge on any atom is 0.338 e. The highest BCUT2D eigenvalue weighted by atomic mass is 16.5. The van der Waals surface area contributed by atoms with E-state index in [0.29, 0.717) is 16.9 Å². The van der Waals surface area contributed by atoms with E-state index < -0.39 is 0 Å². The first-order chi connectivity index (χ1) is 8.97. The number of benzene rings is 1. The summed E-state index contributed by atoms with van der Waals surface area (Å²) in [7, 11) is 1.82. The Labute approximate surface area is 112 Å². The Kier molecular flexibility index (Phi) is 3.55. The Bertz CT molecular complexity index is 617. The summed E-state index contributed by atoms with van der Waals surface area (Å²) in [5.74, 6) is -0.380. The average molecular weight is 259 g/mol. The Morgan fingerprint density at radius 3 is 2.74 bits per heavy atom. The summed E-state index contributed by atoms with van der Waals surface area (Å²) < 4.78 is 6.90. The van der Waals surface area contributed by atoms with Gasteiger partial charge in [0, 0.05) is 18.9 Å². The van der Waals surface area contributed by atoms with Gasteiger partial charge in [-0.15, -0.1) is 0 Å². The highest BCUT2D eigenvalue weighted by Gasteiger charge is 2.13. The molecule has 0 atom stereocenters. The zero-order valence-corrected chi connectivity index (χ0v) is 11.3. The van der Waals surface area contributed by atoms with Crippen molar-refractivity contribution in [3.63, 3.8) is 0 Å². The Morgan fingerprint density at radius 1 is 1.37 bits per heavy atom. The number of anilines is 1. The van der Waals surface area contributed by atoms with E-state index in [2.05, 4.69) is 5.10 Å². The van der Waals surface area contributed by atoms with E-state index in [9.17, 15) is 4.79 Å². The second-order valence-corrected chi connectivity index (χ2v) is 4.58. The quantitative estimate of drug-likeness (QED) is 0.676. The van der Waals surface area contributed by atoms with Crippen molar-refractivity contribution in [3.8, 4) is 0 Å². The second kappa shape index (κ2) is 5.14. The third-order valence-electron chi connectivity index (χ3n) is 2.95. The normalized spacial score (nSPS) is 10.5. The van der Waals surface area contributed by atoms with Gasteiger partial charge in [0.2, 0.25) is 0 Å². The molecule has 1 aromatic heterocycles. The molecule has 1 heterocycles. The number of carbonyl (C=O) groups excluding carboxylic acids is 1. The lowest BCUT2D eigenvalue weighted by Crippen LogP contribution is -2.09. The second-order valence-electron chi connectivity index (χ2n) is 4.58. The summed E-state index contributed by atoms with van der Waals surface area (Å²) in [5, 5.41) is 4.15. The minimum atomic E-state index is -0.380. The third kappa shape index (κ3) is 2.93. The van der Waals surface area contributed by atoms with Crippen molar-refractivity contribution in [2.75, 3.05) is 5.73 Å². The molecule has 0 amide bonds. The molecule has 0 spiro atoms. The molecule has 2 N–H and O–H groups in total.